The molecule has 1 aliphatic heterocycles. The fourth-order valence-corrected chi connectivity index (χ4v) is 2.98. The van der Waals surface area contributed by atoms with E-state index in [9.17, 15) is 9.59 Å². The van der Waals surface area contributed by atoms with Crippen LogP contribution < -0.4 is 15.5 Å². The van der Waals surface area contributed by atoms with Gasteiger partial charge in [0, 0.05) is 31.0 Å². The van der Waals surface area contributed by atoms with Gasteiger partial charge in [-0.05, 0) is 42.7 Å². The Hall–Kier alpha value is -2.86. The molecule has 0 radical (unpaired) electrons. The molecule has 1 aliphatic rings. The second kappa shape index (κ2) is 9.73. The lowest BCUT2D eigenvalue weighted by Gasteiger charge is -2.28. The molecular formula is C21H25N3O3. The van der Waals surface area contributed by atoms with Crippen LogP contribution >= 0.6 is 0 Å². The molecule has 0 spiro atoms. The smallest absolute Gasteiger partial charge is 0.313 e. The second-order valence-electron chi connectivity index (χ2n) is 6.45. The molecular weight excluding hydrogens is 342 g/mol. The number of aryl methyl sites for hydroxylation is 1. The summed E-state index contributed by atoms with van der Waals surface area (Å²) in [5.74, 6) is -1.25. The van der Waals surface area contributed by atoms with Crippen molar-refractivity contribution in [1.29, 1.82) is 0 Å². The van der Waals surface area contributed by atoms with Crippen LogP contribution in [-0.2, 0) is 20.7 Å². The molecule has 6 heteroatoms. The molecule has 1 saturated heterocycles. The van der Waals surface area contributed by atoms with Crippen LogP contribution in [0.3, 0.4) is 0 Å². The van der Waals surface area contributed by atoms with Crippen molar-refractivity contribution in [3.8, 4) is 0 Å². The van der Waals surface area contributed by atoms with Crippen molar-refractivity contribution in [2.45, 2.75) is 12.8 Å². The van der Waals surface area contributed by atoms with Crippen molar-refractivity contribution in [3.63, 3.8) is 0 Å². The van der Waals surface area contributed by atoms with Crippen molar-refractivity contribution in [1.82, 2.24) is 5.32 Å². The van der Waals surface area contributed by atoms with E-state index in [1.807, 2.05) is 6.07 Å². The minimum absolute atomic E-state index is 0.465. The van der Waals surface area contributed by atoms with Gasteiger partial charge >= 0.3 is 11.8 Å². The predicted octanol–water partition coefficient (Wildman–Crippen LogP) is 2.21. The van der Waals surface area contributed by atoms with Crippen molar-refractivity contribution in [2.75, 3.05) is 43.1 Å². The van der Waals surface area contributed by atoms with Gasteiger partial charge in [-0.25, -0.2) is 0 Å². The van der Waals surface area contributed by atoms with E-state index in [-0.39, 0.29) is 0 Å². The van der Waals surface area contributed by atoms with E-state index < -0.39 is 11.8 Å². The maximum Gasteiger partial charge on any atom is 0.313 e. The summed E-state index contributed by atoms with van der Waals surface area (Å²) in [7, 11) is 0. The topological polar surface area (TPSA) is 70.7 Å². The highest BCUT2D eigenvalue weighted by Gasteiger charge is 2.13. The first-order valence-corrected chi connectivity index (χ1v) is 9.28. The van der Waals surface area contributed by atoms with Gasteiger partial charge in [-0.15, -0.1) is 0 Å². The lowest BCUT2D eigenvalue weighted by molar-refractivity contribution is -0.136. The zero-order chi connectivity index (χ0) is 18.9. The maximum absolute atomic E-state index is 11.8. The number of para-hydroxylation sites is 1. The van der Waals surface area contributed by atoms with Gasteiger partial charge in [0.15, 0.2) is 0 Å². The van der Waals surface area contributed by atoms with Crippen molar-refractivity contribution >= 4 is 23.2 Å². The summed E-state index contributed by atoms with van der Waals surface area (Å²) < 4.78 is 5.38. The first-order valence-electron chi connectivity index (χ1n) is 9.28. The van der Waals surface area contributed by atoms with E-state index in [0.717, 1.165) is 39.1 Å². The Kier molecular flexibility index (Phi) is 6.82. The van der Waals surface area contributed by atoms with E-state index in [4.69, 9.17) is 4.74 Å². The highest BCUT2D eigenvalue weighted by atomic mass is 16.5. The zero-order valence-corrected chi connectivity index (χ0v) is 15.3. The third-order valence-corrected chi connectivity index (χ3v) is 4.48. The Morgan fingerprint density at radius 3 is 2.33 bits per heavy atom. The first kappa shape index (κ1) is 18.9. The molecule has 6 nitrogen and oxygen atoms in total. The highest BCUT2D eigenvalue weighted by Crippen LogP contribution is 2.17. The van der Waals surface area contributed by atoms with Gasteiger partial charge < -0.3 is 20.3 Å². The Bertz CT molecular complexity index is 741. The lowest BCUT2D eigenvalue weighted by atomic mass is 10.1. The summed E-state index contributed by atoms with van der Waals surface area (Å²) >= 11 is 0. The molecule has 2 aromatic rings. The molecule has 0 aromatic heterocycles. The number of rotatable bonds is 6. The summed E-state index contributed by atoms with van der Waals surface area (Å²) in [4.78, 5) is 26.0. The number of amides is 2. The second-order valence-corrected chi connectivity index (χ2v) is 6.45. The number of morpholine rings is 1. The van der Waals surface area contributed by atoms with Crippen LogP contribution in [0.5, 0.6) is 0 Å². The average molecular weight is 367 g/mol. The third-order valence-electron chi connectivity index (χ3n) is 4.48. The molecule has 0 aliphatic carbocycles. The molecule has 3 rings (SSSR count). The number of nitrogens with zero attached hydrogens (tertiary/aromatic N) is 1. The molecule has 0 atom stereocenters. The summed E-state index contributed by atoms with van der Waals surface area (Å²) in [5.41, 5.74) is 3.04. The number of nitrogens with one attached hydrogen (secondary N) is 2. The fraction of sp³-hybridized carbons (Fsp3) is 0.333. The van der Waals surface area contributed by atoms with Crippen molar-refractivity contribution in [2.24, 2.45) is 0 Å². The number of hydrogen-bond acceptors (Lipinski definition) is 4. The van der Waals surface area contributed by atoms with Gasteiger partial charge in [-0.2, -0.15) is 0 Å². The predicted molar refractivity (Wildman–Crippen MR) is 106 cm³/mol. The van der Waals surface area contributed by atoms with Crippen LogP contribution in [0.1, 0.15) is 12.0 Å². The van der Waals surface area contributed by atoms with Gasteiger partial charge in [0.2, 0.25) is 0 Å². The van der Waals surface area contributed by atoms with Crippen LogP contribution in [0.2, 0.25) is 0 Å². The van der Waals surface area contributed by atoms with Gasteiger partial charge in [-0.1, -0.05) is 30.3 Å². The molecule has 27 heavy (non-hydrogen) atoms. The first-order chi connectivity index (χ1) is 13.2. The average Bonchev–Trinajstić information content (AvgIpc) is 2.73. The third kappa shape index (κ3) is 5.82. The van der Waals surface area contributed by atoms with Crippen molar-refractivity contribution in [3.05, 3.63) is 60.2 Å². The summed E-state index contributed by atoms with van der Waals surface area (Å²) in [6.45, 7) is 3.87. The maximum atomic E-state index is 11.8. The van der Waals surface area contributed by atoms with E-state index in [0.29, 0.717) is 12.2 Å². The zero-order valence-electron chi connectivity index (χ0n) is 15.3. The Labute approximate surface area is 159 Å². The van der Waals surface area contributed by atoms with Gasteiger partial charge in [0.25, 0.3) is 0 Å². The number of hydrogen-bond donors (Lipinski definition) is 2. The Balaban J connectivity index is 1.37. The highest BCUT2D eigenvalue weighted by molar-refractivity contribution is 6.39. The number of carbonyl (C=O) groups is 2. The minimum atomic E-state index is -0.643. The summed E-state index contributed by atoms with van der Waals surface area (Å²) in [6.07, 6.45) is 1.63. The SMILES string of the molecule is O=C(NCCCc1ccc(N2CCOCC2)cc1)C(=O)Nc1ccccc1. The van der Waals surface area contributed by atoms with Crippen LogP contribution in [0, 0.1) is 0 Å². The van der Waals surface area contributed by atoms with Gasteiger partial charge in [0.05, 0.1) is 13.2 Å². The molecule has 0 unspecified atom stereocenters. The molecule has 2 aromatic carbocycles. The Morgan fingerprint density at radius 2 is 1.63 bits per heavy atom. The summed E-state index contributed by atoms with van der Waals surface area (Å²) in [6, 6.07) is 17.4. The normalized spacial score (nSPS) is 13.9. The lowest BCUT2D eigenvalue weighted by Crippen LogP contribution is -2.36. The largest absolute Gasteiger partial charge is 0.378 e. The minimum Gasteiger partial charge on any atom is -0.378 e. The quantitative estimate of drug-likeness (QED) is 0.607. The number of carbonyl (C=O) groups excluding carboxylic acids is 2. The van der Waals surface area contributed by atoms with Crippen LogP contribution in [0.15, 0.2) is 54.6 Å². The molecule has 1 fully saturated rings. The van der Waals surface area contributed by atoms with E-state index in [2.05, 4.69) is 39.8 Å². The van der Waals surface area contributed by atoms with E-state index >= 15 is 0 Å². The molecule has 0 bridgehead atoms. The molecule has 1 heterocycles. The fourth-order valence-electron chi connectivity index (χ4n) is 2.98. The molecule has 142 valence electrons. The van der Waals surface area contributed by atoms with Gasteiger partial charge in [-0.3, -0.25) is 9.59 Å². The monoisotopic (exact) mass is 367 g/mol. The standard InChI is InChI=1S/C21H25N3O3/c25-20(21(26)23-18-6-2-1-3-7-18)22-12-4-5-17-8-10-19(11-9-17)24-13-15-27-16-14-24/h1-3,6-11H,4-5,12-16H2,(H,22,25)(H,23,26). The van der Waals surface area contributed by atoms with E-state index in [1.54, 1.807) is 24.3 Å². The van der Waals surface area contributed by atoms with Crippen LogP contribution in [0.4, 0.5) is 11.4 Å². The number of ether oxygens (including phenoxy) is 1. The molecule has 0 saturated carbocycles. The molecule has 2 amide bonds. The number of benzene rings is 2. The van der Waals surface area contributed by atoms with Gasteiger partial charge in [0.1, 0.15) is 0 Å². The summed E-state index contributed by atoms with van der Waals surface area (Å²) in [5, 5.41) is 5.24. The van der Waals surface area contributed by atoms with E-state index in [1.165, 1.54) is 11.3 Å². The molecule has 2 N–H and O–H groups in total. The number of anilines is 2. The van der Waals surface area contributed by atoms with Crippen LogP contribution in [-0.4, -0.2) is 44.7 Å². The van der Waals surface area contributed by atoms with Crippen LogP contribution in [0.25, 0.3) is 0 Å². The van der Waals surface area contributed by atoms with Crippen molar-refractivity contribution < 1.29 is 14.3 Å². The Morgan fingerprint density at radius 1 is 0.926 bits per heavy atom.